The third kappa shape index (κ3) is 5.51. The van der Waals surface area contributed by atoms with Crippen LogP contribution in [-0.2, 0) is 0 Å². The highest BCUT2D eigenvalue weighted by Gasteiger charge is 2.05. The van der Waals surface area contributed by atoms with E-state index >= 15 is 0 Å². The highest BCUT2D eigenvalue weighted by Crippen LogP contribution is 2.21. The molecule has 0 atom stereocenters. The minimum Gasteiger partial charge on any atom is -0.378 e. The molecule has 112 valence electrons. The van der Waals surface area contributed by atoms with Crippen LogP contribution in [0, 0.1) is 6.92 Å². The van der Waals surface area contributed by atoms with Gasteiger partial charge in [0.05, 0.1) is 0 Å². The molecule has 2 N–H and O–H groups in total. The number of nitrogens with one attached hydrogen (secondary N) is 2. The van der Waals surface area contributed by atoms with Gasteiger partial charge in [-0.05, 0) is 37.1 Å². The highest BCUT2D eigenvalue weighted by molar-refractivity contribution is 5.90. The van der Waals surface area contributed by atoms with Crippen molar-refractivity contribution in [1.82, 2.24) is 5.32 Å². The molecule has 20 heavy (non-hydrogen) atoms. The zero-order chi connectivity index (χ0) is 15.0. The van der Waals surface area contributed by atoms with E-state index in [0.29, 0.717) is 0 Å². The van der Waals surface area contributed by atoms with Gasteiger partial charge in [0.25, 0.3) is 0 Å². The van der Waals surface area contributed by atoms with Crippen LogP contribution < -0.4 is 15.5 Å². The average Bonchev–Trinajstić information content (AvgIpc) is 2.40. The zero-order valence-corrected chi connectivity index (χ0v) is 13.1. The fourth-order valence-corrected chi connectivity index (χ4v) is 1.99. The molecule has 0 heterocycles. The Balaban J connectivity index is 2.42. The fourth-order valence-electron chi connectivity index (χ4n) is 1.99. The third-order valence-corrected chi connectivity index (χ3v) is 3.29. The number of unbranched alkanes of at least 4 members (excludes halogenated alkanes) is 3. The number of nitrogens with zero attached hydrogens (tertiary/aromatic N) is 1. The van der Waals surface area contributed by atoms with Crippen molar-refractivity contribution in [3.63, 3.8) is 0 Å². The number of anilines is 2. The van der Waals surface area contributed by atoms with Gasteiger partial charge in [-0.25, -0.2) is 4.79 Å². The van der Waals surface area contributed by atoms with Gasteiger partial charge >= 0.3 is 6.03 Å². The quantitative estimate of drug-likeness (QED) is 0.745. The number of amides is 2. The Morgan fingerprint density at radius 3 is 2.55 bits per heavy atom. The van der Waals surface area contributed by atoms with Gasteiger partial charge in [0.15, 0.2) is 0 Å². The minimum absolute atomic E-state index is 0.123. The zero-order valence-electron chi connectivity index (χ0n) is 13.1. The summed E-state index contributed by atoms with van der Waals surface area (Å²) in [6.45, 7) is 4.92. The van der Waals surface area contributed by atoms with Crippen LogP contribution in [0.4, 0.5) is 16.2 Å². The molecule has 0 aliphatic heterocycles. The Kier molecular flexibility index (Phi) is 6.91. The molecule has 0 bridgehead atoms. The second kappa shape index (κ2) is 8.46. The largest absolute Gasteiger partial charge is 0.378 e. The molecule has 0 spiro atoms. The van der Waals surface area contributed by atoms with E-state index in [-0.39, 0.29) is 6.03 Å². The maximum absolute atomic E-state index is 11.8. The smallest absolute Gasteiger partial charge is 0.319 e. The van der Waals surface area contributed by atoms with Crippen LogP contribution in [0.1, 0.15) is 38.2 Å². The van der Waals surface area contributed by atoms with Crippen LogP contribution in [0.5, 0.6) is 0 Å². The number of hydrogen-bond acceptors (Lipinski definition) is 2. The van der Waals surface area contributed by atoms with Crippen LogP contribution in [0.25, 0.3) is 0 Å². The topological polar surface area (TPSA) is 44.4 Å². The second-order valence-electron chi connectivity index (χ2n) is 5.34. The number of aryl methyl sites for hydroxylation is 1. The summed E-state index contributed by atoms with van der Waals surface area (Å²) in [6.07, 6.45) is 4.66. The summed E-state index contributed by atoms with van der Waals surface area (Å²) < 4.78 is 0. The van der Waals surface area contributed by atoms with Gasteiger partial charge in [-0.1, -0.05) is 26.2 Å². The first-order valence-corrected chi connectivity index (χ1v) is 7.37. The predicted molar refractivity (Wildman–Crippen MR) is 86.7 cm³/mol. The van der Waals surface area contributed by atoms with Gasteiger partial charge in [0.2, 0.25) is 0 Å². The van der Waals surface area contributed by atoms with E-state index in [1.54, 1.807) is 0 Å². The number of carbonyl (C=O) groups excluding carboxylic acids is 1. The number of rotatable bonds is 7. The summed E-state index contributed by atoms with van der Waals surface area (Å²) in [6, 6.07) is 5.89. The molecular formula is C16H27N3O. The van der Waals surface area contributed by atoms with E-state index in [2.05, 4.69) is 23.6 Å². The Morgan fingerprint density at radius 1 is 1.20 bits per heavy atom. The molecule has 1 rings (SSSR count). The van der Waals surface area contributed by atoms with Crippen molar-refractivity contribution in [2.45, 2.75) is 39.5 Å². The van der Waals surface area contributed by atoms with Gasteiger partial charge in [0, 0.05) is 32.0 Å². The molecule has 0 aliphatic rings. The molecule has 1 aromatic rings. The van der Waals surface area contributed by atoms with E-state index in [9.17, 15) is 4.79 Å². The van der Waals surface area contributed by atoms with Crippen LogP contribution >= 0.6 is 0 Å². The first kappa shape index (κ1) is 16.3. The minimum atomic E-state index is -0.123. The summed E-state index contributed by atoms with van der Waals surface area (Å²) >= 11 is 0. The second-order valence-corrected chi connectivity index (χ2v) is 5.34. The van der Waals surface area contributed by atoms with E-state index < -0.39 is 0 Å². The van der Waals surface area contributed by atoms with Gasteiger partial charge in [-0.2, -0.15) is 0 Å². The lowest BCUT2D eigenvalue weighted by Crippen LogP contribution is -2.29. The van der Waals surface area contributed by atoms with Crippen molar-refractivity contribution in [2.24, 2.45) is 0 Å². The lowest BCUT2D eigenvalue weighted by Gasteiger charge is -2.15. The fraction of sp³-hybridized carbons (Fsp3) is 0.562. The Bertz CT molecular complexity index is 430. The molecule has 0 radical (unpaired) electrons. The van der Waals surface area contributed by atoms with Crippen LogP contribution in [0.15, 0.2) is 18.2 Å². The van der Waals surface area contributed by atoms with E-state index in [1.807, 2.05) is 38.1 Å². The number of carbonyl (C=O) groups is 1. The standard InChI is InChI=1S/C16H27N3O/c1-5-6-7-8-11-17-16(20)18-15-10-9-14(19(3)4)12-13(15)2/h9-10,12H,5-8,11H2,1-4H3,(H2,17,18,20). The molecule has 0 saturated carbocycles. The Hall–Kier alpha value is -1.71. The summed E-state index contributed by atoms with van der Waals surface area (Å²) in [4.78, 5) is 13.8. The lowest BCUT2D eigenvalue weighted by atomic mass is 10.1. The summed E-state index contributed by atoms with van der Waals surface area (Å²) in [5.74, 6) is 0. The van der Waals surface area contributed by atoms with E-state index in [0.717, 1.165) is 29.9 Å². The molecule has 0 aliphatic carbocycles. The number of urea groups is 1. The van der Waals surface area contributed by atoms with Crippen molar-refractivity contribution in [3.05, 3.63) is 23.8 Å². The van der Waals surface area contributed by atoms with Crippen LogP contribution in [0.2, 0.25) is 0 Å². The van der Waals surface area contributed by atoms with Gasteiger partial charge in [-0.3, -0.25) is 0 Å². The Labute approximate surface area is 122 Å². The molecule has 0 unspecified atom stereocenters. The van der Waals surface area contributed by atoms with Crippen molar-refractivity contribution in [3.8, 4) is 0 Å². The first-order valence-electron chi connectivity index (χ1n) is 7.37. The third-order valence-electron chi connectivity index (χ3n) is 3.29. The maximum Gasteiger partial charge on any atom is 0.319 e. The van der Waals surface area contributed by atoms with Gasteiger partial charge in [0.1, 0.15) is 0 Å². The molecule has 1 aromatic carbocycles. The molecule has 0 fully saturated rings. The normalized spacial score (nSPS) is 10.2. The van der Waals surface area contributed by atoms with Gasteiger partial charge < -0.3 is 15.5 Å². The molecule has 4 nitrogen and oxygen atoms in total. The van der Waals surface area contributed by atoms with Crippen molar-refractivity contribution < 1.29 is 4.79 Å². The van der Waals surface area contributed by atoms with E-state index in [1.165, 1.54) is 19.3 Å². The number of hydrogen-bond donors (Lipinski definition) is 2. The molecule has 0 saturated heterocycles. The number of benzene rings is 1. The van der Waals surface area contributed by atoms with E-state index in [4.69, 9.17) is 0 Å². The lowest BCUT2D eigenvalue weighted by molar-refractivity contribution is 0.252. The molecule has 2 amide bonds. The molecular weight excluding hydrogens is 250 g/mol. The monoisotopic (exact) mass is 277 g/mol. The van der Waals surface area contributed by atoms with Crippen LogP contribution in [-0.4, -0.2) is 26.7 Å². The predicted octanol–water partition coefficient (Wildman–Crippen LogP) is 3.76. The summed E-state index contributed by atoms with van der Waals surface area (Å²) in [7, 11) is 4.01. The molecule has 4 heteroatoms. The summed E-state index contributed by atoms with van der Waals surface area (Å²) in [5, 5.41) is 5.79. The SMILES string of the molecule is CCCCCCNC(=O)Nc1ccc(N(C)C)cc1C. The van der Waals surface area contributed by atoms with Crippen molar-refractivity contribution in [2.75, 3.05) is 30.9 Å². The maximum atomic E-state index is 11.8. The Morgan fingerprint density at radius 2 is 1.95 bits per heavy atom. The highest BCUT2D eigenvalue weighted by atomic mass is 16.2. The average molecular weight is 277 g/mol. The van der Waals surface area contributed by atoms with Gasteiger partial charge in [-0.15, -0.1) is 0 Å². The molecule has 0 aromatic heterocycles. The summed E-state index contributed by atoms with van der Waals surface area (Å²) in [5.41, 5.74) is 3.06. The van der Waals surface area contributed by atoms with Crippen molar-refractivity contribution >= 4 is 17.4 Å². The van der Waals surface area contributed by atoms with Crippen LogP contribution in [0.3, 0.4) is 0 Å². The first-order chi connectivity index (χ1) is 9.54. The van der Waals surface area contributed by atoms with Crippen molar-refractivity contribution in [1.29, 1.82) is 0 Å².